The van der Waals surface area contributed by atoms with Crippen molar-refractivity contribution in [2.24, 2.45) is 5.92 Å². The second-order valence-electron chi connectivity index (χ2n) is 8.12. The first-order valence-corrected chi connectivity index (χ1v) is 11.6. The third-order valence-electron chi connectivity index (χ3n) is 5.15. The van der Waals surface area contributed by atoms with Crippen LogP contribution in [0.5, 0.6) is 11.5 Å². The summed E-state index contributed by atoms with van der Waals surface area (Å²) in [5, 5.41) is 12.2. The molecule has 0 radical (unpaired) electrons. The number of aromatic hydroxyl groups is 1. The van der Waals surface area contributed by atoms with E-state index in [0.29, 0.717) is 22.9 Å². The van der Waals surface area contributed by atoms with Crippen molar-refractivity contribution in [1.82, 2.24) is 0 Å². The molecule has 198 valence electrons. The second-order valence-corrected chi connectivity index (χ2v) is 8.12. The molecule has 0 bridgehead atoms. The molecule has 0 aliphatic carbocycles. The number of allylic oxidation sites excluding steroid dienone is 1. The maximum atomic E-state index is 11.8. The summed E-state index contributed by atoms with van der Waals surface area (Å²) < 4.78 is 4.96. The summed E-state index contributed by atoms with van der Waals surface area (Å²) in [5.74, 6) is 1.22. The first kappa shape index (κ1) is 34.4. The van der Waals surface area contributed by atoms with Crippen LogP contribution < -0.4 is 10.1 Å². The van der Waals surface area contributed by atoms with Gasteiger partial charge < -0.3 is 24.7 Å². The van der Waals surface area contributed by atoms with Crippen LogP contribution in [-0.4, -0.2) is 37.0 Å². The van der Waals surface area contributed by atoms with Crippen molar-refractivity contribution in [2.75, 3.05) is 12.4 Å². The zero-order chi connectivity index (χ0) is 28.4. The number of aldehydes is 1. The molecule has 0 fully saturated rings. The number of carbonyl (C=O) groups excluding carboxylic acids is 4. The Kier molecular flexibility index (Phi) is 17.8. The molecule has 2 rings (SSSR count). The Hall–Kier alpha value is -3.74. The van der Waals surface area contributed by atoms with Crippen molar-refractivity contribution in [3.8, 4) is 11.5 Å². The predicted molar refractivity (Wildman–Crippen MR) is 147 cm³/mol. The van der Waals surface area contributed by atoms with E-state index in [2.05, 4.69) is 25.7 Å². The number of benzene rings is 2. The second kappa shape index (κ2) is 18.6. The lowest BCUT2D eigenvalue weighted by Crippen LogP contribution is -2.12. The highest BCUT2D eigenvalue weighted by atomic mass is 16.5. The zero-order valence-electron chi connectivity index (χ0n) is 22.8. The molecule has 0 saturated carbocycles. The van der Waals surface area contributed by atoms with Gasteiger partial charge in [0.05, 0.1) is 12.8 Å². The topological polar surface area (TPSA) is 110 Å². The van der Waals surface area contributed by atoms with Crippen LogP contribution in [0.25, 0.3) is 5.57 Å². The fraction of sp³-hybridized carbons (Fsp3) is 0.379. The van der Waals surface area contributed by atoms with Crippen LogP contribution >= 0.6 is 0 Å². The molecule has 0 aliphatic heterocycles. The molecule has 7 heteroatoms. The molecule has 2 aromatic carbocycles. The molecule has 2 aromatic rings. The molecule has 0 saturated heterocycles. The van der Waals surface area contributed by atoms with Gasteiger partial charge in [0.1, 0.15) is 13.1 Å². The van der Waals surface area contributed by atoms with Gasteiger partial charge in [-0.25, -0.2) is 0 Å². The van der Waals surface area contributed by atoms with E-state index in [9.17, 15) is 14.7 Å². The number of phenols is 1. The fourth-order valence-corrected chi connectivity index (χ4v) is 3.05. The van der Waals surface area contributed by atoms with E-state index in [1.54, 1.807) is 25.3 Å². The molecule has 36 heavy (non-hydrogen) atoms. The third-order valence-corrected chi connectivity index (χ3v) is 5.15. The van der Waals surface area contributed by atoms with Crippen molar-refractivity contribution in [1.29, 1.82) is 0 Å². The number of carbonyl (C=O) groups is 4. The summed E-state index contributed by atoms with van der Waals surface area (Å²) in [6.07, 6.45) is 1.83. The molecule has 2 N–H and O–H groups in total. The van der Waals surface area contributed by atoms with Gasteiger partial charge in [-0.1, -0.05) is 52.5 Å². The van der Waals surface area contributed by atoms with Crippen molar-refractivity contribution in [2.45, 2.75) is 60.8 Å². The average molecular weight is 500 g/mol. The number of ketones is 1. The van der Waals surface area contributed by atoms with Gasteiger partial charge in [-0.15, -0.1) is 0 Å². The fourth-order valence-electron chi connectivity index (χ4n) is 3.05. The molecule has 7 nitrogen and oxygen atoms in total. The van der Waals surface area contributed by atoms with E-state index in [-0.39, 0.29) is 23.4 Å². The van der Waals surface area contributed by atoms with Crippen LogP contribution in [0, 0.1) is 5.92 Å². The summed E-state index contributed by atoms with van der Waals surface area (Å²) in [5.41, 5.74) is 3.94. The molecule has 0 heterocycles. The Morgan fingerprint density at radius 1 is 1.11 bits per heavy atom. The number of Topliss-reactive ketones (excluding diaryl/α,β-unsaturated/α-hetero) is 1. The van der Waals surface area contributed by atoms with E-state index >= 15 is 0 Å². The minimum absolute atomic E-state index is 0.0730. The Balaban J connectivity index is 0. The van der Waals surface area contributed by atoms with Crippen LogP contribution in [0.2, 0.25) is 0 Å². The van der Waals surface area contributed by atoms with Gasteiger partial charge in [0.2, 0.25) is 5.91 Å². The van der Waals surface area contributed by atoms with Crippen LogP contribution in [0.15, 0.2) is 43.0 Å². The van der Waals surface area contributed by atoms with Crippen LogP contribution in [-0.2, 0) is 14.4 Å². The smallest absolute Gasteiger partial charge is 0.221 e. The Bertz CT molecular complexity index is 997. The molecular formula is C29H41NO6. The van der Waals surface area contributed by atoms with Gasteiger partial charge in [0, 0.05) is 12.5 Å². The van der Waals surface area contributed by atoms with E-state index in [1.165, 1.54) is 20.8 Å². The normalized spacial score (nSPS) is 10.1. The quantitative estimate of drug-likeness (QED) is 0.335. The van der Waals surface area contributed by atoms with Gasteiger partial charge in [-0.05, 0) is 67.0 Å². The number of nitrogens with one attached hydrogen (secondary N) is 1. The summed E-state index contributed by atoms with van der Waals surface area (Å²) in [6.45, 7) is 18.7. The minimum atomic E-state index is -0.190. The van der Waals surface area contributed by atoms with Gasteiger partial charge >= 0.3 is 0 Å². The van der Waals surface area contributed by atoms with Crippen LogP contribution in [0.4, 0.5) is 5.69 Å². The number of rotatable bonds is 7. The summed E-state index contributed by atoms with van der Waals surface area (Å²) >= 11 is 0. The van der Waals surface area contributed by atoms with Gasteiger partial charge in [-0.2, -0.15) is 0 Å². The Labute approximate surface area is 215 Å². The Morgan fingerprint density at radius 2 is 1.67 bits per heavy atom. The lowest BCUT2D eigenvalue weighted by Gasteiger charge is -2.16. The van der Waals surface area contributed by atoms with Crippen molar-refractivity contribution >= 4 is 36.0 Å². The van der Waals surface area contributed by atoms with Crippen LogP contribution in [0.1, 0.15) is 82.3 Å². The van der Waals surface area contributed by atoms with E-state index in [1.807, 2.05) is 38.8 Å². The number of methoxy groups -OCH3 is 1. The molecule has 1 unspecified atom stereocenters. The zero-order valence-corrected chi connectivity index (χ0v) is 22.8. The number of amides is 1. The highest BCUT2D eigenvalue weighted by molar-refractivity contribution is 6.07. The molecule has 0 spiro atoms. The molecule has 0 aliphatic rings. The van der Waals surface area contributed by atoms with E-state index in [0.717, 1.165) is 29.4 Å². The number of hydrogen-bond acceptors (Lipinski definition) is 6. The lowest BCUT2D eigenvalue weighted by molar-refractivity contribution is -0.114. The summed E-state index contributed by atoms with van der Waals surface area (Å²) in [6, 6.07) is 11.0. The summed E-state index contributed by atoms with van der Waals surface area (Å²) in [7, 11) is 1.55. The third kappa shape index (κ3) is 11.6. The monoisotopic (exact) mass is 499 g/mol. The maximum Gasteiger partial charge on any atom is 0.221 e. The highest BCUT2D eigenvalue weighted by Gasteiger charge is 2.16. The molecule has 1 atom stereocenters. The largest absolute Gasteiger partial charge is 0.504 e. The predicted octanol–water partition coefficient (Wildman–Crippen LogP) is 6.45. The molecule has 0 aromatic heterocycles. The number of hydrogen-bond donors (Lipinski definition) is 2. The standard InChI is InChI=1S/C15H19NO2.C11H16O2.C2H4O.CH2O/c1-9(2)10(3)13-7-6-8-14(16-12(5)18)15(13)11(4)17;1-4-8(2)9-5-6-11(13-3)10(12)7-9;1-2-3;1-2/h6-9H,3H2,1-2,4-5H3,(H,16,18);5-8,12H,4H2,1-3H3;2H,1H3;1H2. The van der Waals surface area contributed by atoms with Gasteiger partial charge in [0.25, 0.3) is 0 Å². The molecule has 1 amide bonds. The van der Waals surface area contributed by atoms with Crippen molar-refractivity contribution in [3.63, 3.8) is 0 Å². The van der Waals surface area contributed by atoms with Crippen LogP contribution in [0.3, 0.4) is 0 Å². The SMILES string of the molecule is C=C(c1cccc(NC(C)=O)c1C(C)=O)C(C)C.C=O.CC=O.CCC(C)c1ccc(OC)c(O)c1. The highest BCUT2D eigenvalue weighted by Crippen LogP contribution is 2.31. The summed E-state index contributed by atoms with van der Waals surface area (Å²) in [4.78, 5) is 39.8. The number of anilines is 1. The maximum absolute atomic E-state index is 11.8. The number of phenolic OH excluding ortho intramolecular Hbond substituents is 1. The first-order chi connectivity index (χ1) is 16.9. The molecular weight excluding hydrogens is 458 g/mol. The van der Waals surface area contributed by atoms with Crippen molar-refractivity contribution in [3.05, 3.63) is 59.7 Å². The minimum Gasteiger partial charge on any atom is -0.504 e. The van der Waals surface area contributed by atoms with E-state index in [4.69, 9.17) is 14.3 Å². The number of ether oxygens (including phenoxy) is 1. The first-order valence-electron chi connectivity index (χ1n) is 11.6. The lowest BCUT2D eigenvalue weighted by atomic mass is 9.90. The Morgan fingerprint density at radius 3 is 2.06 bits per heavy atom. The van der Waals surface area contributed by atoms with Crippen molar-refractivity contribution < 1.29 is 29.0 Å². The van der Waals surface area contributed by atoms with E-state index < -0.39 is 0 Å². The van der Waals surface area contributed by atoms with Gasteiger partial charge in [0.15, 0.2) is 17.3 Å². The van der Waals surface area contributed by atoms with Gasteiger partial charge in [-0.3, -0.25) is 9.59 Å². The average Bonchev–Trinajstić information content (AvgIpc) is 2.84.